The Kier molecular flexibility index (Phi) is 6.39. The maximum atomic E-state index is 5.30. The second kappa shape index (κ2) is 7.84. The Morgan fingerprint density at radius 2 is 2.29 bits per heavy atom. The van der Waals surface area contributed by atoms with Crippen LogP contribution in [0.4, 0.5) is 5.69 Å². The van der Waals surface area contributed by atoms with Gasteiger partial charge in [0.05, 0.1) is 0 Å². The first-order chi connectivity index (χ1) is 10.1. The summed E-state index contributed by atoms with van der Waals surface area (Å²) < 4.78 is 6.80. The van der Waals surface area contributed by atoms with Gasteiger partial charge in [0.15, 0.2) is 0 Å². The van der Waals surface area contributed by atoms with Crippen LogP contribution in [0.3, 0.4) is 0 Å². The van der Waals surface area contributed by atoms with Gasteiger partial charge in [-0.15, -0.1) is 0 Å². The van der Waals surface area contributed by atoms with Gasteiger partial charge in [-0.1, -0.05) is 0 Å². The van der Waals surface area contributed by atoms with Crippen molar-refractivity contribution < 1.29 is 4.74 Å². The van der Waals surface area contributed by atoms with Crippen molar-refractivity contribution in [3.63, 3.8) is 0 Å². The molecule has 4 nitrogen and oxygen atoms in total. The molecule has 1 heterocycles. The summed E-state index contributed by atoms with van der Waals surface area (Å²) in [6.45, 7) is 2.13. The summed E-state index contributed by atoms with van der Waals surface area (Å²) in [6, 6.07) is 6.17. The Morgan fingerprint density at radius 3 is 2.90 bits per heavy atom. The minimum absolute atomic E-state index is 0.371. The number of amidine groups is 2. The molecule has 0 bridgehead atoms. The number of hydrogen-bond donors (Lipinski definition) is 0. The molecule has 1 atom stereocenters. The van der Waals surface area contributed by atoms with E-state index < -0.39 is 0 Å². The number of ether oxygens (including phenoxy) is 1. The van der Waals surface area contributed by atoms with E-state index in [2.05, 4.69) is 35.0 Å². The molecule has 0 saturated heterocycles. The monoisotopic (exact) mass is 671 g/mol. The van der Waals surface area contributed by atoms with Crippen molar-refractivity contribution in [1.82, 2.24) is 4.90 Å². The van der Waals surface area contributed by atoms with E-state index in [4.69, 9.17) is 9.73 Å². The standard InChI is InChI=1S/C15H17N3O.2Pb/c1-4-5-6-15(16-2)18-10-12-7-8-13(19-3)9-14(12)17-11-18;;/h5-10H,4H2,1-3H3;;/b6-5-,16-15?;;. The fourth-order valence-corrected chi connectivity index (χ4v) is 7.44. The Morgan fingerprint density at radius 1 is 1.52 bits per heavy atom. The third-order valence-corrected chi connectivity index (χ3v) is 6.81. The van der Waals surface area contributed by atoms with Crippen LogP contribution >= 0.6 is 0 Å². The topological polar surface area (TPSA) is 37.2 Å². The van der Waals surface area contributed by atoms with Crippen LogP contribution in [0.5, 0.6) is 5.75 Å². The summed E-state index contributed by atoms with van der Waals surface area (Å²) in [7, 11) is 3.54. The van der Waals surface area contributed by atoms with Gasteiger partial charge in [-0.25, -0.2) is 0 Å². The van der Waals surface area contributed by atoms with Crippen LogP contribution in [-0.4, -0.2) is 79.8 Å². The average molecular weight is 670 g/mol. The van der Waals surface area contributed by atoms with Crippen LogP contribution in [0, 0.1) is 0 Å². The zero-order chi connectivity index (χ0) is 15.4. The number of benzene rings is 1. The van der Waals surface area contributed by atoms with E-state index >= 15 is 0 Å². The molecule has 0 N–H and O–H groups in total. The molecular formula is C15H17N3OPb2. The van der Waals surface area contributed by atoms with Crippen molar-refractivity contribution in [2.24, 2.45) is 9.98 Å². The van der Waals surface area contributed by atoms with E-state index in [0.29, 0.717) is 3.60 Å². The molecule has 0 spiro atoms. The van der Waals surface area contributed by atoms with Crippen LogP contribution in [0.2, 0.25) is 0 Å². The van der Waals surface area contributed by atoms with Crippen LogP contribution in [-0.2, 0) is 0 Å². The van der Waals surface area contributed by atoms with Crippen LogP contribution in [0.1, 0.15) is 22.5 Å². The van der Waals surface area contributed by atoms with Crippen LogP contribution in [0.25, 0.3) is 0 Å². The van der Waals surface area contributed by atoms with E-state index in [1.165, 1.54) is 5.56 Å². The van der Waals surface area contributed by atoms with Crippen molar-refractivity contribution in [2.75, 3.05) is 14.2 Å². The molecule has 1 aromatic rings. The number of allylic oxidation sites excluding steroid dienone is 1. The van der Waals surface area contributed by atoms with Crippen molar-refractivity contribution >= 4 is 66.5 Å². The molecule has 6 radical (unpaired) electrons. The van der Waals surface area contributed by atoms with Gasteiger partial charge in [-0.05, 0) is 0 Å². The zero-order valence-corrected chi connectivity index (χ0v) is 20.2. The molecule has 0 aromatic heterocycles. The van der Waals surface area contributed by atoms with Gasteiger partial charge >= 0.3 is 159 Å². The van der Waals surface area contributed by atoms with Gasteiger partial charge in [0, 0.05) is 0 Å². The average Bonchev–Trinajstić information content (AvgIpc) is 2.49. The summed E-state index contributed by atoms with van der Waals surface area (Å²) in [5.41, 5.74) is 2.32. The fourth-order valence-electron chi connectivity index (χ4n) is 2.13. The van der Waals surface area contributed by atoms with Crippen molar-refractivity contribution in [3.05, 3.63) is 35.9 Å². The molecule has 0 aliphatic carbocycles. The third kappa shape index (κ3) is 3.74. The number of hydrogen-bond acceptors (Lipinski definition) is 3. The molecule has 106 valence electrons. The van der Waals surface area contributed by atoms with E-state index in [0.717, 1.165) is 78.6 Å². The first kappa shape index (κ1) is 17.1. The summed E-state index contributed by atoms with van der Waals surface area (Å²) in [4.78, 5) is 11.5. The molecular weight excluding hydrogens is 653 g/mol. The van der Waals surface area contributed by atoms with Crippen molar-refractivity contribution in [3.8, 4) is 5.75 Å². The number of methoxy groups -OCH3 is 1. The van der Waals surface area contributed by atoms with Gasteiger partial charge in [-0.2, -0.15) is 0 Å². The normalized spacial score (nSPS) is 18.7. The molecule has 21 heavy (non-hydrogen) atoms. The Balaban J connectivity index is 2.43. The summed E-state index contributed by atoms with van der Waals surface area (Å²) in [5, 5.41) is 0. The van der Waals surface area contributed by atoms with Gasteiger partial charge in [-0.3, -0.25) is 0 Å². The SMILES string of the molecule is CC/C=C\C(=NC)N1[C]([Pb])=Nc2cc(OC)ccc2[CH]1[Pb]. The Labute approximate surface area is 157 Å². The predicted octanol–water partition coefficient (Wildman–Crippen LogP) is 2.33. The molecule has 6 heteroatoms. The Hall–Kier alpha value is -0.256. The number of rotatable bonds is 3. The molecule has 2 rings (SSSR count). The first-order valence-corrected chi connectivity index (χ1v) is 10.9. The van der Waals surface area contributed by atoms with Gasteiger partial charge in [0.2, 0.25) is 0 Å². The maximum absolute atomic E-state index is 5.30. The quantitative estimate of drug-likeness (QED) is 0.282. The first-order valence-electron chi connectivity index (χ1n) is 6.74. The molecule has 0 amide bonds. The van der Waals surface area contributed by atoms with Crippen LogP contribution in [0.15, 0.2) is 40.3 Å². The number of nitrogens with zero attached hydrogens (tertiary/aromatic N) is 3. The van der Waals surface area contributed by atoms with E-state index in [1.54, 1.807) is 7.11 Å². The zero-order valence-electron chi connectivity index (χ0n) is 12.4. The van der Waals surface area contributed by atoms with Gasteiger partial charge < -0.3 is 0 Å². The fraction of sp³-hybridized carbons (Fsp3) is 0.333. The van der Waals surface area contributed by atoms with Gasteiger partial charge in [0.1, 0.15) is 0 Å². The molecule has 1 aromatic carbocycles. The van der Waals surface area contributed by atoms with Crippen molar-refractivity contribution in [2.45, 2.75) is 16.9 Å². The van der Waals surface area contributed by atoms with Gasteiger partial charge in [0.25, 0.3) is 0 Å². The molecule has 1 aliphatic rings. The van der Waals surface area contributed by atoms with Crippen LogP contribution < -0.4 is 4.74 Å². The molecule has 0 saturated carbocycles. The summed E-state index contributed by atoms with van der Waals surface area (Å²) >= 11 is 1.91. The summed E-state index contributed by atoms with van der Waals surface area (Å²) in [5.74, 6) is 1.87. The number of aliphatic imine (C=N–C) groups is 2. The van der Waals surface area contributed by atoms with Crippen molar-refractivity contribution in [1.29, 1.82) is 0 Å². The van der Waals surface area contributed by atoms with E-state index in [1.807, 2.05) is 19.2 Å². The Bertz CT molecular complexity index is 611. The predicted molar refractivity (Wildman–Crippen MR) is 89.0 cm³/mol. The minimum atomic E-state index is 0.371. The molecule has 0 fully saturated rings. The second-order valence-corrected chi connectivity index (χ2v) is 8.39. The van der Waals surface area contributed by atoms with E-state index in [-0.39, 0.29) is 0 Å². The number of fused-ring (bicyclic) bond motifs is 1. The summed E-state index contributed by atoms with van der Waals surface area (Å²) in [6.07, 6.45) is 5.27. The van der Waals surface area contributed by atoms with E-state index in [9.17, 15) is 0 Å². The second-order valence-electron chi connectivity index (χ2n) is 4.53. The third-order valence-electron chi connectivity index (χ3n) is 3.22. The molecule has 1 unspecified atom stereocenters. The molecule has 1 aliphatic heterocycles.